The van der Waals surface area contributed by atoms with E-state index in [4.69, 9.17) is 0 Å². The zero-order valence-electron chi connectivity index (χ0n) is 14.6. The van der Waals surface area contributed by atoms with Gasteiger partial charge in [0.25, 0.3) is 0 Å². The molecule has 0 fully saturated rings. The molecule has 1 heterocycles. The summed E-state index contributed by atoms with van der Waals surface area (Å²) >= 11 is 1.45. The van der Waals surface area contributed by atoms with Gasteiger partial charge < -0.3 is 15.3 Å². The van der Waals surface area contributed by atoms with E-state index in [0.717, 1.165) is 10.5 Å². The number of hydrogen-bond donors (Lipinski definition) is 2. The van der Waals surface area contributed by atoms with Crippen molar-refractivity contribution < 1.29 is 19.5 Å². The number of anilines is 1. The summed E-state index contributed by atoms with van der Waals surface area (Å²) in [5.74, 6) is -1.90. The smallest absolute Gasteiger partial charge is 0.308 e. The fourth-order valence-electron chi connectivity index (χ4n) is 2.91. The average molecular weight is 384 g/mol. The highest BCUT2D eigenvalue weighted by molar-refractivity contribution is 8.00. The van der Waals surface area contributed by atoms with E-state index in [-0.39, 0.29) is 30.7 Å². The Morgan fingerprint density at radius 3 is 2.56 bits per heavy atom. The fourth-order valence-corrected chi connectivity index (χ4v) is 3.84. The van der Waals surface area contributed by atoms with Crippen molar-refractivity contribution >= 4 is 35.2 Å². The molecule has 0 bridgehead atoms. The Bertz CT molecular complexity index is 841. The molecule has 1 aliphatic rings. The molecule has 0 saturated carbocycles. The number of thioether (sulfide) groups is 1. The molecule has 1 unspecified atom stereocenters. The summed E-state index contributed by atoms with van der Waals surface area (Å²) < 4.78 is 0. The number of carbonyl (C=O) groups excluding carboxylic acids is 2. The lowest BCUT2D eigenvalue weighted by Crippen LogP contribution is -2.45. The molecule has 3 rings (SSSR count). The van der Waals surface area contributed by atoms with Crippen LogP contribution in [-0.2, 0) is 20.8 Å². The Morgan fingerprint density at radius 1 is 1.11 bits per heavy atom. The van der Waals surface area contributed by atoms with Crippen molar-refractivity contribution in [3.05, 3.63) is 60.2 Å². The monoisotopic (exact) mass is 384 g/mol. The van der Waals surface area contributed by atoms with Gasteiger partial charge in [-0.3, -0.25) is 14.4 Å². The molecule has 27 heavy (non-hydrogen) atoms. The van der Waals surface area contributed by atoms with Crippen LogP contribution >= 0.6 is 11.8 Å². The molecule has 2 amide bonds. The molecule has 1 atom stereocenters. The maximum absolute atomic E-state index is 12.3. The van der Waals surface area contributed by atoms with Gasteiger partial charge in [-0.05, 0) is 24.1 Å². The second-order valence-electron chi connectivity index (χ2n) is 6.27. The standard InChI is InChI=1S/C20H20N2O4S/c23-18(12-22-16-8-4-5-9-17(16)27-13-19(22)24)21-11-15(20(25)26)10-14-6-2-1-3-7-14/h1-9,15H,10-13H2,(H,21,23)(H,25,26). The Kier molecular flexibility index (Phi) is 6.13. The zero-order chi connectivity index (χ0) is 19.2. The number of benzene rings is 2. The fraction of sp³-hybridized carbons (Fsp3) is 0.250. The molecule has 0 aliphatic carbocycles. The Balaban J connectivity index is 1.60. The average Bonchev–Trinajstić information content (AvgIpc) is 2.68. The van der Waals surface area contributed by atoms with E-state index in [1.54, 1.807) is 0 Å². The van der Waals surface area contributed by atoms with Crippen LogP contribution in [0.15, 0.2) is 59.5 Å². The van der Waals surface area contributed by atoms with E-state index < -0.39 is 11.9 Å². The Morgan fingerprint density at radius 2 is 1.81 bits per heavy atom. The first-order valence-electron chi connectivity index (χ1n) is 8.60. The molecule has 0 saturated heterocycles. The molecule has 0 radical (unpaired) electrons. The van der Waals surface area contributed by atoms with Crippen molar-refractivity contribution in [2.24, 2.45) is 5.92 Å². The summed E-state index contributed by atoms with van der Waals surface area (Å²) in [6.45, 7) is -0.102. The van der Waals surface area contributed by atoms with Crippen LogP contribution in [0.2, 0.25) is 0 Å². The van der Waals surface area contributed by atoms with Crippen molar-refractivity contribution in [2.45, 2.75) is 11.3 Å². The van der Waals surface area contributed by atoms with Crippen LogP contribution in [0.3, 0.4) is 0 Å². The van der Waals surface area contributed by atoms with Gasteiger partial charge in [0.1, 0.15) is 6.54 Å². The van der Waals surface area contributed by atoms with Gasteiger partial charge in [-0.25, -0.2) is 0 Å². The van der Waals surface area contributed by atoms with Gasteiger partial charge in [0.2, 0.25) is 11.8 Å². The molecule has 6 nitrogen and oxygen atoms in total. The van der Waals surface area contributed by atoms with Crippen LogP contribution in [0.4, 0.5) is 5.69 Å². The molecule has 140 valence electrons. The summed E-state index contributed by atoms with van der Waals surface area (Å²) in [5.41, 5.74) is 1.62. The number of para-hydroxylation sites is 1. The highest BCUT2D eigenvalue weighted by atomic mass is 32.2. The lowest BCUT2D eigenvalue weighted by atomic mass is 9.99. The number of carbonyl (C=O) groups is 3. The third-order valence-electron chi connectivity index (χ3n) is 4.33. The first-order valence-corrected chi connectivity index (χ1v) is 9.59. The van der Waals surface area contributed by atoms with E-state index >= 15 is 0 Å². The van der Waals surface area contributed by atoms with Crippen molar-refractivity contribution in [2.75, 3.05) is 23.7 Å². The molecule has 0 spiro atoms. The number of carboxylic acids is 1. The first kappa shape index (κ1) is 19.0. The van der Waals surface area contributed by atoms with Crippen LogP contribution in [0.5, 0.6) is 0 Å². The molecule has 1 aliphatic heterocycles. The molecular formula is C20H20N2O4S. The van der Waals surface area contributed by atoms with Gasteiger partial charge in [-0.2, -0.15) is 0 Å². The van der Waals surface area contributed by atoms with E-state index in [1.165, 1.54) is 16.7 Å². The van der Waals surface area contributed by atoms with Crippen LogP contribution in [-0.4, -0.2) is 41.7 Å². The van der Waals surface area contributed by atoms with E-state index in [1.807, 2.05) is 54.6 Å². The van der Waals surface area contributed by atoms with Gasteiger partial charge in [0.05, 0.1) is 17.4 Å². The second-order valence-corrected chi connectivity index (χ2v) is 7.28. The van der Waals surface area contributed by atoms with Crippen molar-refractivity contribution in [3.8, 4) is 0 Å². The number of fused-ring (bicyclic) bond motifs is 1. The van der Waals surface area contributed by atoms with Gasteiger partial charge in [0.15, 0.2) is 0 Å². The number of nitrogens with zero attached hydrogens (tertiary/aromatic N) is 1. The summed E-state index contributed by atoms with van der Waals surface area (Å²) in [5, 5.41) is 12.1. The van der Waals surface area contributed by atoms with E-state index in [2.05, 4.69) is 5.32 Å². The van der Waals surface area contributed by atoms with Crippen LogP contribution in [0.1, 0.15) is 5.56 Å². The number of rotatable bonds is 7. The first-order chi connectivity index (χ1) is 13.0. The largest absolute Gasteiger partial charge is 0.481 e. The van der Waals surface area contributed by atoms with Gasteiger partial charge in [-0.1, -0.05) is 42.5 Å². The molecule has 2 aromatic carbocycles. The van der Waals surface area contributed by atoms with E-state index in [0.29, 0.717) is 12.1 Å². The molecular weight excluding hydrogens is 364 g/mol. The normalized spacial score (nSPS) is 14.4. The predicted octanol–water partition coefficient (Wildman–Crippen LogP) is 2.18. The third kappa shape index (κ3) is 4.89. The molecule has 7 heteroatoms. The maximum atomic E-state index is 12.3. The topological polar surface area (TPSA) is 86.7 Å². The summed E-state index contributed by atoms with van der Waals surface area (Å²) in [4.78, 5) is 38.5. The number of amides is 2. The van der Waals surface area contributed by atoms with Gasteiger partial charge in [0, 0.05) is 11.4 Å². The van der Waals surface area contributed by atoms with Crippen molar-refractivity contribution in [3.63, 3.8) is 0 Å². The Labute approximate surface area is 161 Å². The van der Waals surface area contributed by atoms with Crippen LogP contribution < -0.4 is 10.2 Å². The zero-order valence-corrected chi connectivity index (χ0v) is 15.4. The van der Waals surface area contributed by atoms with Gasteiger partial charge >= 0.3 is 5.97 Å². The number of nitrogens with one attached hydrogen (secondary N) is 1. The highest BCUT2D eigenvalue weighted by Crippen LogP contribution is 2.34. The van der Waals surface area contributed by atoms with Crippen LogP contribution in [0.25, 0.3) is 0 Å². The predicted molar refractivity (Wildman–Crippen MR) is 104 cm³/mol. The highest BCUT2D eigenvalue weighted by Gasteiger charge is 2.27. The molecule has 0 aromatic heterocycles. The quantitative estimate of drug-likeness (QED) is 0.764. The summed E-state index contributed by atoms with van der Waals surface area (Å²) in [7, 11) is 0. The minimum atomic E-state index is -0.963. The molecule has 2 N–H and O–H groups in total. The minimum absolute atomic E-state index is 0.0154. The van der Waals surface area contributed by atoms with Crippen molar-refractivity contribution in [1.29, 1.82) is 0 Å². The number of hydrogen-bond acceptors (Lipinski definition) is 4. The SMILES string of the molecule is O=C(CN1C(=O)CSc2ccccc21)NCC(Cc1ccccc1)C(=O)O. The second kappa shape index (κ2) is 8.73. The summed E-state index contributed by atoms with van der Waals surface area (Å²) in [6, 6.07) is 16.7. The van der Waals surface area contributed by atoms with Crippen molar-refractivity contribution in [1.82, 2.24) is 5.32 Å². The lowest BCUT2D eigenvalue weighted by Gasteiger charge is -2.28. The third-order valence-corrected chi connectivity index (χ3v) is 5.38. The summed E-state index contributed by atoms with van der Waals surface area (Å²) in [6.07, 6.45) is 0.332. The number of carboxylic acid groups (broad SMARTS) is 1. The number of aliphatic carboxylic acids is 1. The maximum Gasteiger partial charge on any atom is 0.308 e. The van der Waals surface area contributed by atoms with Crippen LogP contribution in [0, 0.1) is 5.92 Å². The Hall–Kier alpha value is -2.80. The van der Waals surface area contributed by atoms with Gasteiger partial charge in [-0.15, -0.1) is 11.8 Å². The lowest BCUT2D eigenvalue weighted by molar-refractivity contribution is -0.141. The molecule has 2 aromatic rings. The minimum Gasteiger partial charge on any atom is -0.481 e. The van der Waals surface area contributed by atoms with E-state index in [9.17, 15) is 19.5 Å².